The minimum Gasteiger partial charge on any atom is -0.496 e. The highest BCUT2D eigenvalue weighted by molar-refractivity contribution is 6.14. The van der Waals surface area contributed by atoms with Gasteiger partial charge in [0.05, 0.1) is 19.1 Å². The van der Waals surface area contributed by atoms with Gasteiger partial charge in [-0.2, -0.15) is 0 Å². The van der Waals surface area contributed by atoms with Crippen LogP contribution in [-0.4, -0.2) is 18.7 Å². The molecule has 1 aliphatic carbocycles. The van der Waals surface area contributed by atoms with Gasteiger partial charge in [-0.25, -0.2) is 0 Å². The van der Waals surface area contributed by atoms with Crippen molar-refractivity contribution >= 4 is 11.6 Å². The summed E-state index contributed by atoms with van der Waals surface area (Å²) in [6.45, 7) is 5.13. The summed E-state index contributed by atoms with van der Waals surface area (Å²) in [7, 11) is 1.53. The van der Waals surface area contributed by atoms with Crippen molar-refractivity contribution in [2.24, 2.45) is 0 Å². The lowest BCUT2D eigenvalue weighted by Crippen LogP contribution is -2.14. The first kappa shape index (κ1) is 12.4. The first-order valence-corrected chi connectivity index (χ1v) is 5.23. The third kappa shape index (κ3) is 2.92. The van der Waals surface area contributed by atoms with Crippen LogP contribution in [0.3, 0.4) is 0 Å². The lowest BCUT2D eigenvalue weighted by molar-refractivity contribution is -0.123. The van der Waals surface area contributed by atoms with Gasteiger partial charge in [0.2, 0.25) is 0 Å². The number of allylic oxidation sites excluding steroid dienone is 4. The molecule has 1 aliphatic rings. The van der Waals surface area contributed by atoms with Crippen LogP contribution in [0.2, 0.25) is 0 Å². The van der Waals surface area contributed by atoms with Gasteiger partial charge < -0.3 is 4.74 Å². The van der Waals surface area contributed by atoms with Gasteiger partial charge in [0.15, 0.2) is 11.6 Å². The number of hydrogen-bond acceptors (Lipinski definition) is 3. The normalized spacial score (nSPS) is 14.9. The van der Waals surface area contributed by atoms with E-state index in [9.17, 15) is 9.59 Å². The SMILES string of the molecule is C=C(C)C(=O)CC(=O)C1=CCCC=C1OC. The van der Waals surface area contributed by atoms with Crippen molar-refractivity contribution in [3.05, 3.63) is 35.6 Å². The minimum absolute atomic E-state index is 0.123. The summed E-state index contributed by atoms with van der Waals surface area (Å²) < 4.78 is 5.11. The molecule has 0 radical (unpaired) electrons. The smallest absolute Gasteiger partial charge is 0.173 e. The Morgan fingerprint density at radius 2 is 2.00 bits per heavy atom. The Balaban J connectivity index is 2.74. The van der Waals surface area contributed by atoms with Gasteiger partial charge in [0, 0.05) is 0 Å². The third-order valence-electron chi connectivity index (χ3n) is 2.43. The average Bonchev–Trinajstić information content (AvgIpc) is 2.28. The average molecular weight is 220 g/mol. The Morgan fingerprint density at radius 3 is 2.56 bits per heavy atom. The molecule has 0 amide bonds. The van der Waals surface area contributed by atoms with E-state index in [1.54, 1.807) is 6.92 Å². The summed E-state index contributed by atoms with van der Waals surface area (Å²) in [6, 6.07) is 0. The van der Waals surface area contributed by atoms with E-state index in [4.69, 9.17) is 4.74 Å². The van der Waals surface area contributed by atoms with Gasteiger partial charge >= 0.3 is 0 Å². The predicted molar refractivity (Wildman–Crippen MR) is 61.9 cm³/mol. The fourth-order valence-electron chi connectivity index (χ4n) is 1.49. The maximum absolute atomic E-state index is 11.8. The van der Waals surface area contributed by atoms with Gasteiger partial charge in [-0.1, -0.05) is 12.7 Å². The Labute approximate surface area is 95.5 Å². The number of hydrogen-bond donors (Lipinski definition) is 0. The number of ether oxygens (including phenoxy) is 1. The molecule has 0 N–H and O–H groups in total. The van der Waals surface area contributed by atoms with E-state index in [1.165, 1.54) is 7.11 Å². The van der Waals surface area contributed by atoms with Crippen LogP contribution in [0.4, 0.5) is 0 Å². The second-order valence-electron chi connectivity index (χ2n) is 3.77. The van der Waals surface area contributed by atoms with Crippen LogP contribution in [0.15, 0.2) is 35.6 Å². The van der Waals surface area contributed by atoms with Crippen LogP contribution in [0, 0.1) is 0 Å². The summed E-state index contributed by atoms with van der Waals surface area (Å²) in [5.41, 5.74) is 0.927. The molecule has 0 saturated heterocycles. The second kappa shape index (κ2) is 5.45. The van der Waals surface area contributed by atoms with E-state index in [0.29, 0.717) is 16.9 Å². The standard InChI is InChI=1S/C13H16O3/c1-9(2)11(14)8-12(15)10-6-4-5-7-13(10)16-3/h6-7H,1,4-5,8H2,2-3H3. The van der Waals surface area contributed by atoms with Gasteiger partial charge in [0.1, 0.15) is 5.76 Å². The number of methoxy groups -OCH3 is 1. The number of carbonyl (C=O) groups excluding carboxylic acids is 2. The first-order valence-electron chi connectivity index (χ1n) is 5.23. The van der Waals surface area contributed by atoms with E-state index in [2.05, 4.69) is 6.58 Å². The highest BCUT2D eigenvalue weighted by Gasteiger charge is 2.20. The molecule has 0 spiro atoms. The monoisotopic (exact) mass is 220 g/mol. The zero-order valence-corrected chi connectivity index (χ0v) is 9.71. The molecule has 0 aliphatic heterocycles. The molecule has 0 heterocycles. The van der Waals surface area contributed by atoms with E-state index in [0.717, 1.165) is 12.8 Å². The molecule has 16 heavy (non-hydrogen) atoms. The number of ketones is 2. The molecule has 3 heteroatoms. The zero-order chi connectivity index (χ0) is 12.1. The van der Waals surface area contributed by atoms with Crippen LogP contribution < -0.4 is 0 Å². The van der Waals surface area contributed by atoms with Crippen LogP contribution in [-0.2, 0) is 14.3 Å². The fourth-order valence-corrected chi connectivity index (χ4v) is 1.49. The van der Waals surface area contributed by atoms with Crippen molar-refractivity contribution in [2.75, 3.05) is 7.11 Å². The number of rotatable bonds is 5. The van der Waals surface area contributed by atoms with Crippen LogP contribution in [0.1, 0.15) is 26.2 Å². The van der Waals surface area contributed by atoms with Gasteiger partial charge in [-0.05, 0) is 31.4 Å². The molecule has 0 saturated carbocycles. The van der Waals surface area contributed by atoms with E-state index in [1.807, 2.05) is 12.2 Å². The summed E-state index contributed by atoms with van der Waals surface area (Å²) in [5, 5.41) is 0. The molecule has 0 fully saturated rings. The highest BCUT2D eigenvalue weighted by atomic mass is 16.5. The Bertz CT molecular complexity index is 386. The molecule has 0 bridgehead atoms. The van der Waals surface area contributed by atoms with Crippen molar-refractivity contribution in [3.8, 4) is 0 Å². The fraction of sp³-hybridized carbons (Fsp3) is 0.385. The molecular formula is C13H16O3. The summed E-state index contributed by atoms with van der Waals surface area (Å²) in [4.78, 5) is 23.2. The van der Waals surface area contributed by atoms with Crippen LogP contribution >= 0.6 is 0 Å². The molecule has 0 aromatic heterocycles. The third-order valence-corrected chi connectivity index (χ3v) is 2.43. The molecular weight excluding hydrogens is 204 g/mol. The molecule has 0 aromatic rings. The number of carbonyl (C=O) groups is 2. The van der Waals surface area contributed by atoms with Crippen molar-refractivity contribution < 1.29 is 14.3 Å². The van der Waals surface area contributed by atoms with Crippen LogP contribution in [0.25, 0.3) is 0 Å². The maximum Gasteiger partial charge on any atom is 0.173 e. The van der Waals surface area contributed by atoms with Crippen molar-refractivity contribution in [1.82, 2.24) is 0 Å². The van der Waals surface area contributed by atoms with Gasteiger partial charge in [-0.3, -0.25) is 9.59 Å². The number of Topliss-reactive ketones (excluding diaryl/α,β-unsaturated/α-hetero) is 2. The lowest BCUT2D eigenvalue weighted by Gasteiger charge is -2.13. The largest absolute Gasteiger partial charge is 0.496 e. The molecule has 0 atom stereocenters. The predicted octanol–water partition coefficient (Wildman–Crippen LogP) is 2.34. The Morgan fingerprint density at radius 1 is 1.38 bits per heavy atom. The van der Waals surface area contributed by atoms with Gasteiger partial charge in [-0.15, -0.1) is 0 Å². The van der Waals surface area contributed by atoms with Crippen molar-refractivity contribution in [3.63, 3.8) is 0 Å². The second-order valence-corrected chi connectivity index (χ2v) is 3.77. The molecule has 0 aromatic carbocycles. The van der Waals surface area contributed by atoms with E-state index in [-0.39, 0.29) is 18.0 Å². The Kier molecular flexibility index (Phi) is 4.23. The summed E-state index contributed by atoms with van der Waals surface area (Å²) in [5.74, 6) is 0.165. The molecule has 0 unspecified atom stereocenters. The molecule has 3 nitrogen and oxygen atoms in total. The van der Waals surface area contributed by atoms with Crippen LogP contribution in [0.5, 0.6) is 0 Å². The van der Waals surface area contributed by atoms with E-state index < -0.39 is 0 Å². The zero-order valence-electron chi connectivity index (χ0n) is 9.71. The summed E-state index contributed by atoms with van der Waals surface area (Å²) >= 11 is 0. The summed E-state index contributed by atoms with van der Waals surface area (Å²) in [6.07, 6.45) is 5.26. The van der Waals surface area contributed by atoms with Crippen molar-refractivity contribution in [1.29, 1.82) is 0 Å². The first-order chi connectivity index (χ1) is 7.56. The van der Waals surface area contributed by atoms with E-state index >= 15 is 0 Å². The van der Waals surface area contributed by atoms with Gasteiger partial charge in [0.25, 0.3) is 0 Å². The van der Waals surface area contributed by atoms with Crippen molar-refractivity contribution in [2.45, 2.75) is 26.2 Å². The molecule has 86 valence electrons. The highest BCUT2D eigenvalue weighted by Crippen LogP contribution is 2.21. The quantitative estimate of drug-likeness (QED) is 0.527. The molecule has 1 rings (SSSR count). The maximum atomic E-state index is 11.8. The lowest BCUT2D eigenvalue weighted by atomic mass is 9.97. The topological polar surface area (TPSA) is 43.4 Å². The Hall–Kier alpha value is -1.64. The minimum atomic E-state index is -0.216.